The summed E-state index contributed by atoms with van der Waals surface area (Å²) in [7, 11) is 0. The van der Waals surface area contributed by atoms with Crippen molar-refractivity contribution in [2.75, 3.05) is 0 Å². The molecule has 0 atom stereocenters. The summed E-state index contributed by atoms with van der Waals surface area (Å²) in [6.45, 7) is 2.87. The minimum absolute atomic E-state index is 0.832. The Morgan fingerprint density at radius 3 is 2.92 bits per heavy atom. The van der Waals surface area contributed by atoms with Crippen molar-refractivity contribution < 1.29 is 0 Å². The molecule has 0 N–H and O–H groups in total. The third kappa shape index (κ3) is 1.08. The van der Waals surface area contributed by atoms with Crippen molar-refractivity contribution in [1.82, 2.24) is 19.7 Å². The fraction of sp³-hybridized carbons (Fsp3) is 0.286. The standard InChI is InChI=1S/C7H7IN4/c1-2-12-7-5(6(8)11-12)9-3-4-10-7/h3-4H,2H2,1H3. The Morgan fingerprint density at radius 2 is 2.17 bits per heavy atom. The molecule has 0 aliphatic carbocycles. The van der Waals surface area contributed by atoms with Crippen molar-refractivity contribution in [3.05, 3.63) is 16.1 Å². The van der Waals surface area contributed by atoms with Crippen LogP contribution in [0.3, 0.4) is 0 Å². The van der Waals surface area contributed by atoms with Crippen molar-refractivity contribution in [3.8, 4) is 0 Å². The highest BCUT2D eigenvalue weighted by Gasteiger charge is 2.07. The average molecular weight is 274 g/mol. The van der Waals surface area contributed by atoms with E-state index in [2.05, 4.69) is 37.7 Å². The van der Waals surface area contributed by atoms with Crippen LogP contribution in [0.2, 0.25) is 0 Å². The van der Waals surface area contributed by atoms with E-state index >= 15 is 0 Å². The molecular formula is C7H7IN4. The van der Waals surface area contributed by atoms with E-state index in [0.717, 1.165) is 21.4 Å². The molecule has 4 nitrogen and oxygen atoms in total. The molecule has 0 bridgehead atoms. The number of halogens is 1. The van der Waals surface area contributed by atoms with Gasteiger partial charge in [0.05, 0.1) is 0 Å². The highest BCUT2D eigenvalue weighted by atomic mass is 127. The van der Waals surface area contributed by atoms with Crippen molar-refractivity contribution in [1.29, 1.82) is 0 Å². The van der Waals surface area contributed by atoms with Crippen LogP contribution in [0.1, 0.15) is 6.92 Å². The van der Waals surface area contributed by atoms with Gasteiger partial charge in [0.25, 0.3) is 0 Å². The Kier molecular flexibility index (Phi) is 1.95. The largest absolute Gasteiger partial charge is 0.248 e. The van der Waals surface area contributed by atoms with Crippen molar-refractivity contribution in [3.63, 3.8) is 0 Å². The van der Waals surface area contributed by atoms with Crippen LogP contribution in [-0.2, 0) is 6.54 Å². The molecule has 0 radical (unpaired) electrons. The van der Waals surface area contributed by atoms with Gasteiger partial charge in [-0.2, -0.15) is 5.10 Å². The Labute approximate surface area is 83.2 Å². The number of aryl methyl sites for hydroxylation is 1. The van der Waals surface area contributed by atoms with Gasteiger partial charge in [-0.3, -0.25) is 0 Å². The minimum atomic E-state index is 0.832. The molecule has 0 unspecified atom stereocenters. The van der Waals surface area contributed by atoms with Gasteiger partial charge >= 0.3 is 0 Å². The van der Waals surface area contributed by atoms with E-state index in [4.69, 9.17) is 0 Å². The van der Waals surface area contributed by atoms with Gasteiger partial charge < -0.3 is 0 Å². The third-order valence-electron chi connectivity index (χ3n) is 1.63. The first-order valence-corrected chi connectivity index (χ1v) is 4.74. The number of fused-ring (bicyclic) bond motifs is 1. The first-order chi connectivity index (χ1) is 5.83. The molecule has 2 aromatic rings. The van der Waals surface area contributed by atoms with Gasteiger partial charge in [0.2, 0.25) is 0 Å². The zero-order valence-electron chi connectivity index (χ0n) is 6.53. The van der Waals surface area contributed by atoms with Crippen LogP contribution < -0.4 is 0 Å². The summed E-state index contributed by atoms with van der Waals surface area (Å²) in [5, 5.41) is 4.29. The van der Waals surface area contributed by atoms with Crippen molar-refractivity contribution >= 4 is 33.8 Å². The molecule has 12 heavy (non-hydrogen) atoms. The highest BCUT2D eigenvalue weighted by Crippen LogP contribution is 2.14. The molecule has 0 aromatic carbocycles. The molecular weight excluding hydrogens is 267 g/mol. The maximum atomic E-state index is 4.29. The quantitative estimate of drug-likeness (QED) is 0.739. The van der Waals surface area contributed by atoms with E-state index in [-0.39, 0.29) is 0 Å². The van der Waals surface area contributed by atoms with Gasteiger partial charge in [-0.05, 0) is 29.5 Å². The van der Waals surface area contributed by atoms with E-state index < -0.39 is 0 Å². The molecule has 2 heterocycles. The predicted octanol–water partition coefficient (Wildman–Crippen LogP) is 1.45. The molecule has 0 fully saturated rings. The number of hydrogen-bond donors (Lipinski definition) is 0. The third-order valence-corrected chi connectivity index (χ3v) is 2.35. The predicted molar refractivity (Wildman–Crippen MR) is 53.7 cm³/mol. The maximum absolute atomic E-state index is 4.29. The fourth-order valence-corrected chi connectivity index (χ4v) is 1.73. The summed E-state index contributed by atoms with van der Waals surface area (Å²) in [5.74, 6) is 0. The normalized spacial score (nSPS) is 10.8. The molecule has 0 aliphatic rings. The summed E-state index contributed by atoms with van der Waals surface area (Å²) >= 11 is 2.17. The number of hydrogen-bond acceptors (Lipinski definition) is 3. The first-order valence-electron chi connectivity index (χ1n) is 3.66. The summed E-state index contributed by atoms with van der Waals surface area (Å²) < 4.78 is 2.77. The first kappa shape index (κ1) is 7.90. The molecule has 0 aliphatic heterocycles. The molecule has 2 rings (SSSR count). The van der Waals surface area contributed by atoms with Gasteiger partial charge in [0.1, 0.15) is 5.52 Å². The second-order valence-electron chi connectivity index (χ2n) is 2.34. The van der Waals surface area contributed by atoms with Crippen LogP contribution in [0, 0.1) is 3.70 Å². The second kappa shape index (κ2) is 2.96. The summed E-state index contributed by atoms with van der Waals surface area (Å²) in [6, 6.07) is 0. The van der Waals surface area contributed by atoms with Gasteiger partial charge in [0.15, 0.2) is 9.35 Å². The lowest BCUT2D eigenvalue weighted by Gasteiger charge is -1.93. The number of aromatic nitrogens is 4. The van der Waals surface area contributed by atoms with Crippen LogP contribution in [-0.4, -0.2) is 19.7 Å². The number of nitrogens with zero attached hydrogens (tertiary/aromatic N) is 4. The minimum Gasteiger partial charge on any atom is -0.248 e. The van der Waals surface area contributed by atoms with Gasteiger partial charge in [-0.15, -0.1) is 0 Å². The molecule has 5 heteroatoms. The molecule has 0 amide bonds. The van der Waals surface area contributed by atoms with Gasteiger partial charge in [-0.1, -0.05) is 0 Å². The maximum Gasteiger partial charge on any atom is 0.177 e. The fourth-order valence-electron chi connectivity index (χ4n) is 1.09. The summed E-state index contributed by atoms with van der Waals surface area (Å²) in [5.41, 5.74) is 1.75. The smallest absolute Gasteiger partial charge is 0.177 e. The lowest BCUT2D eigenvalue weighted by atomic mass is 10.5. The van der Waals surface area contributed by atoms with E-state index in [1.54, 1.807) is 12.4 Å². The van der Waals surface area contributed by atoms with Crippen molar-refractivity contribution in [2.45, 2.75) is 13.5 Å². The molecule has 2 aromatic heterocycles. The molecule has 0 spiro atoms. The Morgan fingerprint density at radius 1 is 1.42 bits per heavy atom. The van der Waals surface area contributed by atoms with E-state index in [0.29, 0.717) is 0 Å². The Hall–Kier alpha value is -0.720. The second-order valence-corrected chi connectivity index (χ2v) is 3.36. The summed E-state index contributed by atoms with van der Waals surface area (Å²) in [6.07, 6.45) is 3.37. The topological polar surface area (TPSA) is 43.6 Å². The SMILES string of the molecule is CCn1nc(I)c2nccnc21. The van der Waals surface area contributed by atoms with E-state index in [1.807, 2.05) is 11.6 Å². The monoisotopic (exact) mass is 274 g/mol. The molecule has 0 saturated carbocycles. The van der Waals surface area contributed by atoms with E-state index in [1.165, 1.54) is 0 Å². The van der Waals surface area contributed by atoms with Crippen LogP contribution >= 0.6 is 22.6 Å². The zero-order valence-corrected chi connectivity index (χ0v) is 8.69. The van der Waals surface area contributed by atoms with Gasteiger partial charge in [0, 0.05) is 18.9 Å². The Bertz CT molecular complexity index is 409. The zero-order chi connectivity index (χ0) is 8.55. The van der Waals surface area contributed by atoms with E-state index in [9.17, 15) is 0 Å². The lowest BCUT2D eigenvalue weighted by molar-refractivity contribution is 0.671. The van der Waals surface area contributed by atoms with Crippen LogP contribution in [0.15, 0.2) is 12.4 Å². The van der Waals surface area contributed by atoms with Crippen LogP contribution in [0.5, 0.6) is 0 Å². The molecule has 0 saturated heterocycles. The molecule has 62 valence electrons. The lowest BCUT2D eigenvalue weighted by Crippen LogP contribution is -1.97. The van der Waals surface area contributed by atoms with Crippen LogP contribution in [0.4, 0.5) is 0 Å². The average Bonchev–Trinajstić information content (AvgIpc) is 2.44. The Balaban J connectivity index is 2.82. The summed E-state index contributed by atoms with van der Waals surface area (Å²) in [4.78, 5) is 8.40. The number of rotatable bonds is 1. The highest BCUT2D eigenvalue weighted by molar-refractivity contribution is 14.1. The van der Waals surface area contributed by atoms with Crippen molar-refractivity contribution in [2.24, 2.45) is 0 Å². The van der Waals surface area contributed by atoms with Crippen LogP contribution in [0.25, 0.3) is 11.2 Å². The van der Waals surface area contributed by atoms with Gasteiger partial charge in [-0.25, -0.2) is 14.6 Å².